The first-order chi connectivity index (χ1) is 6.40. The minimum absolute atomic E-state index is 0.0346. The van der Waals surface area contributed by atoms with E-state index in [-0.39, 0.29) is 29.6 Å². The number of rotatable bonds is 6. The van der Waals surface area contributed by atoms with Crippen LogP contribution >= 0.6 is 0 Å². The van der Waals surface area contributed by atoms with Gasteiger partial charge < -0.3 is 5.11 Å². The van der Waals surface area contributed by atoms with E-state index < -0.39 is 0 Å². The minimum Gasteiger partial charge on any atom is -0.393 e. The zero-order chi connectivity index (χ0) is 11.3. The fourth-order valence-corrected chi connectivity index (χ4v) is 1.52. The third-order valence-corrected chi connectivity index (χ3v) is 2.76. The van der Waals surface area contributed by atoms with Crippen LogP contribution in [-0.4, -0.2) is 17.0 Å². The highest BCUT2D eigenvalue weighted by Crippen LogP contribution is 2.20. The molecule has 0 bridgehead atoms. The van der Waals surface area contributed by atoms with Crippen LogP contribution in [0.2, 0.25) is 0 Å². The van der Waals surface area contributed by atoms with Gasteiger partial charge in [0, 0.05) is 11.8 Å². The largest absolute Gasteiger partial charge is 0.393 e. The lowest BCUT2D eigenvalue weighted by Crippen LogP contribution is -2.26. The average molecular weight is 200 g/mol. The Morgan fingerprint density at radius 1 is 1.21 bits per heavy atom. The Morgan fingerprint density at radius 2 is 1.71 bits per heavy atom. The lowest BCUT2D eigenvalue weighted by molar-refractivity contribution is -0.127. The van der Waals surface area contributed by atoms with Gasteiger partial charge in [-0.3, -0.25) is 4.79 Å². The first kappa shape index (κ1) is 13.6. The average Bonchev–Trinajstić information content (AvgIpc) is 2.12. The zero-order valence-electron chi connectivity index (χ0n) is 10.1. The van der Waals surface area contributed by atoms with Crippen molar-refractivity contribution in [3.63, 3.8) is 0 Å². The molecule has 1 N–H and O–H groups in total. The molecule has 0 aliphatic rings. The highest BCUT2D eigenvalue weighted by Gasteiger charge is 2.23. The van der Waals surface area contributed by atoms with E-state index in [0.717, 1.165) is 6.42 Å². The van der Waals surface area contributed by atoms with Crippen LogP contribution in [0.1, 0.15) is 47.5 Å². The van der Waals surface area contributed by atoms with Crippen molar-refractivity contribution in [1.82, 2.24) is 0 Å². The van der Waals surface area contributed by atoms with E-state index in [9.17, 15) is 9.90 Å². The molecule has 14 heavy (non-hydrogen) atoms. The van der Waals surface area contributed by atoms with Crippen LogP contribution in [0, 0.1) is 17.8 Å². The molecule has 0 rings (SSSR count). The second-order valence-corrected chi connectivity index (χ2v) is 4.71. The van der Waals surface area contributed by atoms with Gasteiger partial charge in [0.1, 0.15) is 5.78 Å². The molecule has 2 nitrogen and oxygen atoms in total. The summed E-state index contributed by atoms with van der Waals surface area (Å²) in [6, 6.07) is 0. The molecular formula is C12H24O2. The Bertz CT molecular complexity index is 173. The van der Waals surface area contributed by atoms with E-state index >= 15 is 0 Å². The summed E-state index contributed by atoms with van der Waals surface area (Å²) in [5, 5.41) is 9.71. The maximum Gasteiger partial charge on any atom is 0.138 e. The van der Waals surface area contributed by atoms with Crippen molar-refractivity contribution in [2.24, 2.45) is 17.8 Å². The number of carbonyl (C=O) groups excluding carboxylic acids is 1. The number of aliphatic hydroxyl groups excluding tert-OH is 1. The summed E-state index contributed by atoms with van der Waals surface area (Å²) in [7, 11) is 0. The second kappa shape index (κ2) is 6.18. The van der Waals surface area contributed by atoms with Crippen molar-refractivity contribution in [3.8, 4) is 0 Å². The van der Waals surface area contributed by atoms with Gasteiger partial charge in [0.25, 0.3) is 0 Å². The summed E-state index contributed by atoms with van der Waals surface area (Å²) < 4.78 is 0. The molecule has 0 aliphatic carbocycles. The Morgan fingerprint density at radius 3 is 2.00 bits per heavy atom. The Balaban J connectivity index is 4.22. The van der Waals surface area contributed by atoms with Crippen LogP contribution < -0.4 is 0 Å². The van der Waals surface area contributed by atoms with Crippen LogP contribution in [0.3, 0.4) is 0 Å². The molecule has 84 valence electrons. The lowest BCUT2D eigenvalue weighted by atomic mass is 9.86. The molecule has 2 atom stereocenters. The smallest absolute Gasteiger partial charge is 0.138 e. The van der Waals surface area contributed by atoms with Gasteiger partial charge in [-0.1, -0.05) is 34.6 Å². The molecule has 2 heteroatoms. The first-order valence-electron chi connectivity index (χ1n) is 5.61. The number of aliphatic hydroxyl groups is 1. The van der Waals surface area contributed by atoms with E-state index in [1.165, 1.54) is 0 Å². The van der Waals surface area contributed by atoms with Crippen LogP contribution in [-0.2, 0) is 4.79 Å². The lowest BCUT2D eigenvalue weighted by Gasteiger charge is -2.21. The number of ketones is 1. The quantitative estimate of drug-likeness (QED) is 0.715. The molecule has 0 fully saturated rings. The van der Waals surface area contributed by atoms with Crippen molar-refractivity contribution >= 4 is 5.78 Å². The first-order valence-corrected chi connectivity index (χ1v) is 5.61. The van der Waals surface area contributed by atoms with Gasteiger partial charge in [-0.15, -0.1) is 0 Å². The fourth-order valence-electron chi connectivity index (χ4n) is 1.52. The van der Waals surface area contributed by atoms with Crippen molar-refractivity contribution in [3.05, 3.63) is 0 Å². The second-order valence-electron chi connectivity index (χ2n) is 4.71. The van der Waals surface area contributed by atoms with E-state index in [1.54, 1.807) is 0 Å². The van der Waals surface area contributed by atoms with E-state index in [0.29, 0.717) is 6.42 Å². The highest BCUT2D eigenvalue weighted by atomic mass is 16.3. The van der Waals surface area contributed by atoms with Crippen molar-refractivity contribution in [2.45, 2.75) is 53.6 Å². The molecule has 0 aliphatic heterocycles. The topological polar surface area (TPSA) is 37.3 Å². The number of carbonyl (C=O) groups is 1. The Hall–Kier alpha value is -0.370. The standard InChI is InChI=1S/C12H24O2/c1-6-10(12(14)9(4)5)7-11(13)8(2)3/h8-11,13H,6-7H2,1-5H3. The molecule has 0 saturated heterocycles. The van der Waals surface area contributed by atoms with Crippen LogP contribution in [0.4, 0.5) is 0 Å². The maximum absolute atomic E-state index is 11.7. The van der Waals surface area contributed by atoms with E-state index in [2.05, 4.69) is 0 Å². The van der Waals surface area contributed by atoms with Crippen molar-refractivity contribution in [2.75, 3.05) is 0 Å². The molecule has 0 amide bonds. The Kier molecular flexibility index (Phi) is 6.01. The predicted molar refractivity (Wildman–Crippen MR) is 59.1 cm³/mol. The van der Waals surface area contributed by atoms with Crippen LogP contribution in [0.15, 0.2) is 0 Å². The van der Waals surface area contributed by atoms with Crippen LogP contribution in [0.5, 0.6) is 0 Å². The van der Waals surface area contributed by atoms with Crippen molar-refractivity contribution < 1.29 is 9.90 Å². The zero-order valence-corrected chi connectivity index (χ0v) is 10.1. The van der Waals surface area contributed by atoms with Crippen molar-refractivity contribution in [1.29, 1.82) is 0 Å². The molecule has 0 aromatic carbocycles. The molecule has 0 aromatic heterocycles. The Labute approximate surface area is 87.7 Å². The SMILES string of the molecule is CCC(CC(O)C(C)C)C(=O)C(C)C. The van der Waals surface area contributed by atoms with Gasteiger partial charge >= 0.3 is 0 Å². The third-order valence-electron chi connectivity index (χ3n) is 2.76. The van der Waals surface area contributed by atoms with Gasteiger partial charge in [-0.25, -0.2) is 0 Å². The summed E-state index contributed by atoms with van der Waals surface area (Å²) in [5.41, 5.74) is 0. The van der Waals surface area contributed by atoms with Gasteiger partial charge in [-0.2, -0.15) is 0 Å². The molecule has 0 spiro atoms. The normalized spacial score (nSPS) is 16.0. The fraction of sp³-hybridized carbons (Fsp3) is 0.917. The minimum atomic E-state index is -0.345. The molecule has 0 saturated carbocycles. The molecule has 0 radical (unpaired) electrons. The van der Waals surface area contributed by atoms with Crippen LogP contribution in [0.25, 0.3) is 0 Å². The summed E-state index contributed by atoms with van der Waals surface area (Å²) in [5.74, 6) is 0.642. The summed E-state index contributed by atoms with van der Waals surface area (Å²) in [6.07, 6.45) is 1.11. The van der Waals surface area contributed by atoms with Gasteiger partial charge in [0.15, 0.2) is 0 Å². The molecular weight excluding hydrogens is 176 g/mol. The predicted octanol–water partition coefficient (Wildman–Crippen LogP) is 2.64. The monoisotopic (exact) mass is 200 g/mol. The van der Waals surface area contributed by atoms with Gasteiger partial charge in [0.2, 0.25) is 0 Å². The highest BCUT2D eigenvalue weighted by molar-refractivity contribution is 5.82. The number of Topliss-reactive ketones (excluding diaryl/α,β-unsaturated/α-hetero) is 1. The molecule has 2 unspecified atom stereocenters. The molecule has 0 heterocycles. The maximum atomic E-state index is 11.7. The number of hydrogen-bond acceptors (Lipinski definition) is 2. The third kappa shape index (κ3) is 4.23. The van der Waals surface area contributed by atoms with Gasteiger partial charge in [0.05, 0.1) is 6.10 Å². The summed E-state index contributed by atoms with van der Waals surface area (Å²) in [4.78, 5) is 11.7. The summed E-state index contributed by atoms with van der Waals surface area (Å²) in [6.45, 7) is 9.83. The van der Waals surface area contributed by atoms with E-state index in [4.69, 9.17) is 0 Å². The molecule has 0 aromatic rings. The number of hydrogen-bond donors (Lipinski definition) is 1. The summed E-state index contributed by atoms with van der Waals surface area (Å²) >= 11 is 0. The van der Waals surface area contributed by atoms with E-state index in [1.807, 2.05) is 34.6 Å². The van der Waals surface area contributed by atoms with Gasteiger partial charge in [-0.05, 0) is 18.8 Å².